The van der Waals surface area contributed by atoms with Gasteiger partial charge in [-0.3, -0.25) is 9.59 Å². The Labute approximate surface area is 135 Å². The van der Waals surface area contributed by atoms with E-state index in [9.17, 15) is 9.59 Å². The summed E-state index contributed by atoms with van der Waals surface area (Å²) in [5, 5.41) is 5.68. The van der Waals surface area contributed by atoms with Crippen molar-refractivity contribution in [2.45, 2.75) is 51.4 Å². The molecule has 1 saturated heterocycles. The van der Waals surface area contributed by atoms with Crippen LogP contribution in [0.1, 0.15) is 57.1 Å². The highest BCUT2D eigenvalue weighted by atomic mass is 32.1. The highest BCUT2D eigenvalue weighted by molar-refractivity contribution is 7.13. The molecule has 1 unspecified atom stereocenters. The molecule has 1 saturated carbocycles. The minimum atomic E-state index is -0.108. The third-order valence-corrected chi connectivity index (χ3v) is 5.13. The number of hydrogen-bond acceptors (Lipinski definition) is 4. The molecule has 22 heavy (non-hydrogen) atoms. The van der Waals surface area contributed by atoms with Crippen LogP contribution in [0.25, 0.3) is 0 Å². The van der Waals surface area contributed by atoms with Gasteiger partial charge in [-0.1, -0.05) is 6.92 Å². The van der Waals surface area contributed by atoms with E-state index >= 15 is 0 Å². The van der Waals surface area contributed by atoms with Gasteiger partial charge in [0, 0.05) is 30.8 Å². The van der Waals surface area contributed by atoms with Gasteiger partial charge in [0.1, 0.15) is 0 Å². The molecule has 2 amide bonds. The molecule has 2 aliphatic rings. The average Bonchev–Trinajstić information content (AvgIpc) is 3.28. The smallest absolute Gasteiger partial charge is 0.231 e. The van der Waals surface area contributed by atoms with Crippen LogP contribution >= 0.6 is 11.3 Å². The molecule has 1 aliphatic carbocycles. The second-order valence-electron chi connectivity index (χ2n) is 6.27. The van der Waals surface area contributed by atoms with Crippen LogP contribution in [0.15, 0.2) is 5.38 Å². The summed E-state index contributed by atoms with van der Waals surface area (Å²) in [6.07, 6.45) is 5.62. The largest absolute Gasteiger partial charge is 0.342 e. The Bertz CT molecular complexity index is 553. The topological polar surface area (TPSA) is 62.3 Å². The van der Waals surface area contributed by atoms with Crippen molar-refractivity contribution >= 4 is 28.3 Å². The molecule has 0 spiro atoms. The molecular formula is C16H23N3O2S. The van der Waals surface area contributed by atoms with Crippen molar-refractivity contribution in [3.05, 3.63) is 11.1 Å². The minimum Gasteiger partial charge on any atom is -0.342 e. The summed E-state index contributed by atoms with van der Waals surface area (Å²) in [6, 6.07) is 0. The molecule has 0 radical (unpaired) electrons. The molecule has 1 aliphatic heterocycles. The summed E-state index contributed by atoms with van der Waals surface area (Å²) in [5.41, 5.74) is 1.11. The highest BCUT2D eigenvalue weighted by Crippen LogP contribution is 2.40. The minimum absolute atomic E-state index is 0.00527. The third kappa shape index (κ3) is 3.66. The number of rotatable bonds is 5. The van der Waals surface area contributed by atoms with E-state index < -0.39 is 0 Å². The van der Waals surface area contributed by atoms with E-state index in [-0.39, 0.29) is 17.7 Å². The lowest BCUT2D eigenvalue weighted by Crippen LogP contribution is -2.43. The molecule has 0 bridgehead atoms. The Morgan fingerprint density at radius 2 is 2.23 bits per heavy atom. The fraction of sp³-hybridized carbons (Fsp3) is 0.688. The number of likely N-dealkylation sites (tertiary alicyclic amines) is 1. The van der Waals surface area contributed by atoms with Crippen LogP contribution in [-0.2, 0) is 9.59 Å². The maximum absolute atomic E-state index is 12.4. The van der Waals surface area contributed by atoms with Crippen LogP contribution in [-0.4, -0.2) is 34.8 Å². The lowest BCUT2D eigenvalue weighted by Gasteiger charge is -2.31. The molecule has 1 atom stereocenters. The Morgan fingerprint density at radius 3 is 2.95 bits per heavy atom. The van der Waals surface area contributed by atoms with Gasteiger partial charge in [-0.2, -0.15) is 0 Å². The van der Waals surface area contributed by atoms with Crippen molar-refractivity contribution in [2.24, 2.45) is 5.92 Å². The molecule has 2 fully saturated rings. The summed E-state index contributed by atoms with van der Waals surface area (Å²) in [6.45, 7) is 3.34. The van der Waals surface area contributed by atoms with Gasteiger partial charge in [0.15, 0.2) is 5.13 Å². The zero-order valence-electron chi connectivity index (χ0n) is 13.0. The summed E-state index contributed by atoms with van der Waals surface area (Å²) in [5.74, 6) is 0.678. The predicted molar refractivity (Wildman–Crippen MR) is 86.9 cm³/mol. The molecule has 5 nitrogen and oxygen atoms in total. The molecule has 0 aromatic carbocycles. The molecule has 1 N–H and O–H groups in total. The van der Waals surface area contributed by atoms with Crippen LogP contribution in [0.2, 0.25) is 0 Å². The van der Waals surface area contributed by atoms with E-state index in [0.29, 0.717) is 24.0 Å². The van der Waals surface area contributed by atoms with Crippen LogP contribution in [0, 0.1) is 5.92 Å². The number of nitrogens with zero attached hydrogens (tertiary/aromatic N) is 2. The fourth-order valence-corrected chi connectivity index (χ4v) is 3.70. The second-order valence-corrected chi connectivity index (χ2v) is 7.13. The highest BCUT2D eigenvalue weighted by Gasteiger charge is 2.29. The number of carbonyl (C=O) groups excluding carboxylic acids is 2. The fourth-order valence-electron chi connectivity index (χ4n) is 2.91. The standard InChI is InChI=1S/C16H23N3O2S/c1-2-4-14(20)19-8-3-5-12(9-19)15(21)18-16-17-13(10-22-16)11-6-7-11/h10-12H,2-9H2,1H3,(H,17,18,21). The molecular weight excluding hydrogens is 298 g/mol. The van der Waals surface area contributed by atoms with Crippen LogP contribution in [0.5, 0.6) is 0 Å². The van der Waals surface area contributed by atoms with E-state index in [0.717, 1.165) is 31.5 Å². The second kappa shape index (κ2) is 6.77. The predicted octanol–water partition coefficient (Wildman–Crippen LogP) is 3.00. The van der Waals surface area contributed by atoms with Gasteiger partial charge in [-0.15, -0.1) is 11.3 Å². The zero-order valence-corrected chi connectivity index (χ0v) is 13.8. The number of aromatic nitrogens is 1. The first-order valence-electron chi connectivity index (χ1n) is 8.21. The first-order chi connectivity index (χ1) is 10.7. The van der Waals surface area contributed by atoms with Gasteiger partial charge >= 0.3 is 0 Å². The van der Waals surface area contributed by atoms with E-state index in [1.165, 1.54) is 24.2 Å². The Morgan fingerprint density at radius 1 is 1.41 bits per heavy atom. The quantitative estimate of drug-likeness (QED) is 0.907. The van der Waals surface area contributed by atoms with Crippen molar-refractivity contribution in [3.8, 4) is 0 Å². The van der Waals surface area contributed by atoms with Crippen LogP contribution < -0.4 is 5.32 Å². The van der Waals surface area contributed by atoms with Crippen molar-refractivity contribution in [3.63, 3.8) is 0 Å². The number of anilines is 1. The number of thiazole rings is 1. The van der Waals surface area contributed by atoms with E-state index in [2.05, 4.69) is 10.3 Å². The summed E-state index contributed by atoms with van der Waals surface area (Å²) < 4.78 is 0. The first-order valence-corrected chi connectivity index (χ1v) is 9.09. The molecule has 2 heterocycles. The monoisotopic (exact) mass is 321 g/mol. The molecule has 1 aromatic heterocycles. The number of hydrogen-bond donors (Lipinski definition) is 1. The first kappa shape index (κ1) is 15.5. The van der Waals surface area contributed by atoms with Crippen molar-refractivity contribution < 1.29 is 9.59 Å². The number of nitrogens with one attached hydrogen (secondary N) is 1. The van der Waals surface area contributed by atoms with E-state index in [1.54, 1.807) is 0 Å². The molecule has 3 rings (SSSR count). The summed E-state index contributed by atoms with van der Waals surface area (Å²) >= 11 is 1.50. The number of piperidine rings is 1. The van der Waals surface area contributed by atoms with Gasteiger partial charge < -0.3 is 10.2 Å². The lowest BCUT2D eigenvalue weighted by molar-refractivity contribution is -0.134. The average molecular weight is 321 g/mol. The Hall–Kier alpha value is -1.43. The van der Waals surface area contributed by atoms with Gasteiger partial charge in [0.25, 0.3) is 0 Å². The van der Waals surface area contributed by atoms with Gasteiger partial charge in [-0.05, 0) is 32.1 Å². The van der Waals surface area contributed by atoms with Gasteiger partial charge in [-0.25, -0.2) is 4.98 Å². The summed E-state index contributed by atoms with van der Waals surface area (Å²) in [7, 11) is 0. The zero-order chi connectivity index (χ0) is 15.5. The van der Waals surface area contributed by atoms with Crippen molar-refractivity contribution in [2.75, 3.05) is 18.4 Å². The van der Waals surface area contributed by atoms with Gasteiger partial charge in [0.05, 0.1) is 11.6 Å². The normalized spacial score (nSPS) is 21.7. The molecule has 120 valence electrons. The van der Waals surface area contributed by atoms with Crippen molar-refractivity contribution in [1.29, 1.82) is 0 Å². The maximum Gasteiger partial charge on any atom is 0.231 e. The van der Waals surface area contributed by atoms with Crippen LogP contribution in [0.4, 0.5) is 5.13 Å². The Balaban J connectivity index is 1.55. The molecule has 6 heteroatoms. The Kier molecular flexibility index (Phi) is 4.76. The van der Waals surface area contributed by atoms with E-state index in [1.807, 2.05) is 17.2 Å². The van der Waals surface area contributed by atoms with Crippen molar-refractivity contribution in [1.82, 2.24) is 9.88 Å². The van der Waals surface area contributed by atoms with Crippen LogP contribution in [0.3, 0.4) is 0 Å². The number of carbonyl (C=O) groups is 2. The SMILES string of the molecule is CCCC(=O)N1CCCC(C(=O)Nc2nc(C3CC3)cs2)C1. The van der Waals surface area contributed by atoms with Gasteiger partial charge in [0.2, 0.25) is 11.8 Å². The maximum atomic E-state index is 12.4. The lowest BCUT2D eigenvalue weighted by atomic mass is 9.97. The summed E-state index contributed by atoms with van der Waals surface area (Å²) in [4.78, 5) is 30.7. The number of amides is 2. The third-order valence-electron chi connectivity index (χ3n) is 4.36. The van der Waals surface area contributed by atoms with E-state index in [4.69, 9.17) is 0 Å². The molecule has 1 aromatic rings.